The molecule has 0 aliphatic carbocycles. The van der Waals surface area contributed by atoms with E-state index in [1.54, 1.807) is 17.4 Å². The van der Waals surface area contributed by atoms with Gasteiger partial charge in [-0.05, 0) is 46.6 Å². The SMILES string of the molecule is O=C(N/N=C/c1c(F)cccc1Cl)C1CC(c2ccc(Br)s2)NN1. The molecule has 2 atom stereocenters. The molecule has 3 rings (SSSR count). The molecule has 1 amide bonds. The fourth-order valence-corrected chi connectivity index (χ4v) is 4.00. The van der Waals surface area contributed by atoms with E-state index in [0.29, 0.717) is 6.42 Å². The summed E-state index contributed by atoms with van der Waals surface area (Å²) in [5.41, 5.74) is 8.57. The predicted molar refractivity (Wildman–Crippen MR) is 96.6 cm³/mol. The van der Waals surface area contributed by atoms with Crippen LogP contribution in [0, 0.1) is 5.82 Å². The fourth-order valence-electron chi connectivity index (χ4n) is 2.30. The summed E-state index contributed by atoms with van der Waals surface area (Å²) in [6.45, 7) is 0. The average molecular weight is 432 g/mol. The van der Waals surface area contributed by atoms with E-state index in [1.807, 2.05) is 12.1 Å². The molecule has 2 aromatic rings. The van der Waals surface area contributed by atoms with Gasteiger partial charge in [-0.15, -0.1) is 11.3 Å². The highest BCUT2D eigenvalue weighted by Gasteiger charge is 2.30. The van der Waals surface area contributed by atoms with E-state index in [0.717, 1.165) is 8.66 Å². The summed E-state index contributed by atoms with van der Waals surface area (Å²) in [6, 6.07) is 7.95. The molecule has 3 N–H and O–H groups in total. The molecule has 5 nitrogen and oxygen atoms in total. The minimum Gasteiger partial charge on any atom is -0.271 e. The summed E-state index contributed by atoms with van der Waals surface area (Å²) >= 11 is 10.9. The van der Waals surface area contributed by atoms with Crippen molar-refractivity contribution >= 4 is 51.0 Å². The Bertz CT molecular complexity index is 764. The van der Waals surface area contributed by atoms with E-state index in [9.17, 15) is 9.18 Å². The normalized spacial score (nSPS) is 20.6. The lowest BCUT2D eigenvalue weighted by molar-refractivity contribution is -0.122. The van der Waals surface area contributed by atoms with Crippen LogP contribution >= 0.6 is 38.9 Å². The van der Waals surface area contributed by atoms with Gasteiger partial charge in [0.1, 0.15) is 11.9 Å². The largest absolute Gasteiger partial charge is 0.271 e. The summed E-state index contributed by atoms with van der Waals surface area (Å²) < 4.78 is 14.6. The van der Waals surface area contributed by atoms with Gasteiger partial charge in [0.2, 0.25) is 0 Å². The van der Waals surface area contributed by atoms with Gasteiger partial charge in [-0.2, -0.15) is 5.10 Å². The molecular formula is C15H13BrClFN4OS. The molecule has 0 saturated carbocycles. The Labute approximate surface area is 155 Å². The number of hydrogen-bond donors (Lipinski definition) is 3. The molecular weight excluding hydrogens is 419 g/mol. The molecule has 0 bridgehead atoms. The fraction of sp³-hybridized carbons (Fsp3) is 0.200. The number of carbonyl (C=O) groups is 1. The zero-order valence-corrected chi connectivity index (χ0v) is 15.4. The van der Waals surface area contributed by atoms with Crippen LogP contribution in [0.25, 0.3) is 0 Å². The molecule has 1 saturated heterocycles. The Morgan fingerprint density at radius 2 is 2.25 bits per heavy atom. The standard InChI is InChI=1S/C15H13BrClFN4OS/c16-14-5-4-13(24-14)11-6-12(21-20-11)15(23)22-19-7-8-9(17)2-1-3-10(8)18/h1-5,7,11-12,20-21H,6H2,(H,22,23)/b19-7+. The van der Waals surface area contributed by atoms with Crippen molar-refractivity contribution in [3.63, 3.8) is 0 Å². The average Bonchev–Trinajstić information content (AvgIpc) is 3.19. The van der Waals surface area contributed by atoms with Crippen molar-refractivity contribution in [2.75, 3.05) is 0 Å². The number of halogens is 3. The van der Waals surface area contributed by atoms with Crippen LogP contribution in [0.4, 0.5) is 4.39 Å². The quantitative estimate of drug-likeness (QED) is 0.514. The molecule has 1 fully saturated rings. The van der Waals surface area contributed by atoms with Crippen molar-refractivity contribution < 1.29 is 9.18 Å². The molecule has 126 valence electrons. The summed E-state index contributed by atoms with van der Waals surface area (Å²) in [7, 11) is 0. The number of hydrazine groups is 1. The molecule has 24 heavy (non-hydrogen) atoms. The first-order valence-electron chi connectivity index (χ1n) is 7.08. The van der Waals surface area contributed by atoms with E-state index in [1.165, 1.54) is 18.3 Å². The second-order valence-electron chi connectivity index (χ2n) is 5.14. The highest BCUT2D eigenvalue weighted by Crippen LogP contribution is 2.31. The molecule has 1 aromatic heterocycles. The number of rotatable bonds is 4. The Hall–Kier alpha value is -1.32. The summed E-state index contributed by atoms with van der Waals surface area (Å²) in [5, 5.41) is 4.02. The minimum atomic E-state index is -0.496. The third kappa shape index (κ3) is 4.01. The molecule has 1 aromatic carbocycles. The molecule has 1 aliphatic rings. The molecule has 0 spiro atoms. The van der Waals surface area contributed by atoms with Gasteiger partial charge in [0.25, 0.3) is 5.91 Å². The lowest BCUT2D eigenvalue weighted by Gasteiger charge is -2.07. The van der Waals surface area contributed by atoms with Crippen molar-refractivity contribution in [1.29, 1.82) is 0 Å². The molecule has 2 unspecified atom stereocenters. The van der Waals surface area contributed by atoms with Crippen LogP contribution in [0.15, 0.2) is 39.2 Å². The number of carbonyl (C=O) groups excluding carboxylic acids is 1. The van der Waals surface area contributed by atoms with Crippen molar-refractivity contribution in [3.05, 3.63) is 55.4 Å². The number of nitrogens with one attached hydrogen (secondary N) is 3. The number of hydrazone groups is 1. The van der Waals surface area contributed by atoms with Gasteiger partial charge in [0, 0.05) is 10.4 Å². The first kappa shape index (κ1) is 17.5. The smallest absolute Gasteiger partial charge is 0.258 e. The van der Waals surface area contributed by atoms with E-state index < -0.39 is 11.9 Å². The van der Waals surface area contributed by atoms with Crippen molar-refractivity contribution in [2.24, 2.45) is 5.10 Å². The van der Waals surface area contributed by atoms with Crippen LogP contribution in [0.3, 0.4) is 0 Å². The molecule has 0 radical (unpaired) electrons. The van der Waals surface area contributed by atoms with E-state index in [-0.39, 0.29) is 22.5 Å². The number of hydrogen-bond acceptors (Lipinski definition) is 5. The second kappa shape index (κ2) is 7.71. The predicted octanol–water partition coefficient (Wildman–Crippen LogP) is 3.36. The van der Waals surface area contributed by atoms with Crippen molar-refractivity contribution in [2.45, 2.75) is 18.5 Å². The maximum absolute atomic E-state index is 13.6. The summed E-state index contributed by atoms with van der Waals surface area (Å²) in [4.78, 5) is 13.3. The Kier molecular flexibility index (Phi) is 5.62. The van der Waals surface area contributed by atoms with E-state index in [2.05, 4.69) is 37.3 Å². The first-order chi connectivity index (χ1) is 11.5. The van der Waals surface area contributed by atoms with Crippen LogP contribution in [0.1, 0.15) is 22.9 Å². The van der Waals surface area contributed by atoms with Crippen LogP contribution < -0.4 is 16.3 Å². The van der Waals surface area contributed by atoms with Gasteiger partial charge in [0.15, 0.2) is 0 Å². The second-order valence-corrected chi connectivity index (χ2v) is 8.04. The first-order valence-corrected chi connectivity index (χ1v) is 9.06. The Morgan fingerprint density at radius 3 is 2.96 bits per heavy atom. The van der Waals surface area contributed by atoms with Gasteiger partial charge < -0.3 is 0 Å². The van der Waals surface area contributed by atoms with Gasteiger partial charge in [0.05, 0.1) is 21.1 Å². The van der Waals surface area contributed by atoms with Crippen LogP contribution in [-0.2, 0) is 4.79 Å². The summed E-state index contributed by atoms with van der Waals surface area (Å²) in [5.74, 6) is -0.797. The van der Waals surface area contributed by atoms with E-state index in [4.69, 9.17) is 11.6 Å². The number of benzene rings is 1. The monoisotopic (exact) mass is 430 g/mol. The molecule has 1 aliphatic heterocycles. The zero-order chi connectivity index (χ0) is 17.1. The lowest BCUT2D eigenvalue weighted by Crippen LogP contribution is -2.41. The van der Waals surface area contributed by atoms with Crippen molar-refractivity contribution in [3.8, 4) is 0 Å². The maximum Gasteiger partial charge on any atom is 0.258 e. The Morgan fingerprint density at radius 1 is 1.42 bits per heavy atom. The third-order valence-corrected chi connectivity index (χ3v) is 5.59. The van der Waals surface area contributed by atoms with Crippen LogP contribution in [-0.4, -0.2) is 18.2 Å². The van der Waals surface area contributed by atoms with Gasteiger partial charge in [-0.3, -0.25) is 4.79 Å². The van der Waals surface area contributed by atoms with Gasteiger partial charge >= 0.3 is 0 Å². The van der Waals surface area contributed by atoms with E-state index >= 15 is 0 Å². The maximum atomic E-state index is 13.6. The van der Waals surface area contributed by atoms with Crippen LogP contribution in [0.2, 0.25) is 5.02 Å². The molecule has 2 heterocycles. The number of thiophene rings is 1. The number of amides is 1. The molecule has 9 heteroatoms. The third-order valence-electron chi connectivity index (χ3n) is 3.53. The van der Waals surface area contributed by atoms with Gasteiger partial charge in [-0.25, -0.2) is 20.7 Å². The highest BCUT2D eigenvalue weighted by molar-refractivity contribution is 9.11. The van der Waals surface area contributed by atoms with Gasteiger partial charge in [-0.1, -0.05) is 17.7 Å². The summed E-state index contributed by atoms with van der Waals surface area (Å²) in [6.07, 6.45) is 1.79. The van der Waals surface area contributed by atoms with Crippen molar-refractivity contribution in [1.82, 2.24) is 16.3 Å². The Balaban J connectivity index is 1.57. The van der Waals surface area contributed by atoms with Crippen LogP contribution in [0.5, 0.6) is 0 Å². The number of nitrogens with zero attached hydrogens (tertiary/aromatic N) is 1. The lowest BCUT2D eigenvalue weighted by atomic mass is 10.1. The topological polar surface area (TPSA) is 65.5 Å². The zero-order valence-electron chi connectivity index (χ0n) is 12.2. The highest BCUT2D eigenvalue weighted by atomic mass is 79.9. The minimum absolute atomic E-state index is 0.0574.